The van der Waals surface area contributed by atoms with E-state index < -0.39 is 0 Å². The van der Waals surface area contributed by atoms with E-state index in [1.54, 1.807) is 0 Å². The molecule has 2 aromatic heterocycles. The van der Waals surface area contributed by atoms with Gasteiger partial charge in [0.15, 0.2) is 0 Å². The zero-order valence-electron chi connectivity index (χ0n) is 23.6. The van der Waals surface area contributed by atoms with E-state index in [1.807, 2.05) is 0 Å². The van der Waals surface area contributed by atoms with Crippen molar-refractivity contribution in [3.05, 3.63) is 114 Å². The summed E-state index contributed by atoms with van der Waals surface area (Å²) in [4.78, 5) is 5.09. The normalized spacial score (nSPS) is 13.1. The molecule has 0 aliphatic carbocycles. The third kappa shape index (κ3) is 5.02. The van der Waals surface area contributed by atoms with Gasteiger partial charge < -0.3 is 19.2 Å². The third-order valence-electron chi connectivity index (χ3n) is 8.30. The number of ether oxygens (including phenoxy) is 1. The second-order valence-corrected chi connectivity index (χ2v) is 11.0. The van der Waals surface area contributed by atoms with Crippen LogP contribution in [0.2, 0.25) is 0 Å². The van der Waals surface area contributed by atoms with Crippen LogP contribution in [0.15, 0.2) is 97.2 Å². The molecule has 206 valence electrons. The zero-order chi connectivity index (χ0) is 27.6. The van der Waals surface area contributed by atoms with Crippen molar-refractivity contribution in [3.8, 4) is 22.7 Å². The maximum atomic E-state index is 6.22. The fourth-order valence-corrected chi connectivity index (χ4v) is 6.13. The SMILES string of the molecule is CCCCc1nc(-c2ccc(OCCn3c4ccccc4c4ccccc43)cc2)cn1-c1ccc2c(c1)CNCC2. The number of aryl methyl sites for hydroxylation is 1. The van der Waals surface area contributed by atoms with Gasteiger partial charge in [0.1, 0.15) is 18.2 Å². The fourth-order valence-electron chi connectivity index (χ4n) is 6.13. The Morgan fingerprint density at radius 2 is 1.61 bits per heavy atom. The Hall–Kier alpha value is -4.35. The van der Waals surface area contributed by atoms with Gasteiger partial charge in [0.25, 0.3) is 0 Å². The molecule has 0 radical (unpaired) electrons. The molecule has 7 rings (SSSR count). The summed E-state index contributed by atoms with van der Waals surface area (Å²) in [6.07, 6.45) is 6.54. The van der Waals surface area contributed by atoms with Crippen LogP contribution in [0, 0.1) is 0 Å². The third-order valence-corrected chi connectivity index (χ3v) is 8.30. The smallest absolute Gasteiger partial charge is 0.119 e. The quantitative estimate of drug-likeness (QED) is 0.204. The van der Waals surface area contributed by atoms with E-state index in [-0.39, 0.29) is 0 Å². The Balaban J connectivity index is 1.09. The van der Waals surface area contributed by atoms with Crippen LogP contribution >= 0.6 is 0 Å². The summed E-state index contributed by atoms with van der Waals surface area (Å²) in [5.74, 6) is 2.00. The van der Waals surface area contributed by atoms with Crippen LogP contribution in [0.3, 0.4) is 0 Å². The van der Waals surface area contributed by atoms with Crippen molar-refractivity contribution in [1.29, 1.82) is 0 Å². The number of rotatable bonds is 9. The molecule has 0 amide bonds. The molecule has 0 fully saturated rings. The minimum atomic E-state index is 0.602. The molecule has 1 aliphatic rings. The maximum Gasteiger partial charge on any atom is 0.119 e. The lowest BCUT2D eigenvalue weighted by molar-refractivity contribution is 0.302. The summed E-state index contributed by atoms with van der Waals surface area (Å²) >= 11 is 0. The van der Waals surface area contributed by atoms with Gasteiger partial charge in [-0.1, -0.05) is 55.8 Å². The molecule has 0 saturated heterocycles. The van der Waals surface area contributed by atoms with Gasteiger partial charge in [0.2, 0.25) is 0 Å². The summed E-state index contributed by atoms with van der Waals surface area (Å²) in [7, 11) is 0. The molecule has 0 atom stereocenters. The standard InChI is InChI=1S/C36H36N4O/c1-2-3-12-36-38-33(25-40(36)29-16-13-26-19-20-37-24-28(26)23-29)27-14-17-30(18-15-27)41-22-21-39-34-10-6-4-8-31(34)32-9-5-7-11-35(32)39/h4-11,13-18,23,25,37H,2-3,12,19-22,24H2,1H3. The van der Waals surface area contributed by atoms with E-state index in [4.69, 9.17) is 9.72 Å². The number of imidazole rings is 1. The minimum absolute atomic E-state index is 0.602. The number of hydrogen-bond donors (Lipinski definition) is 1. The lowest BCUT2D eigenvalue weighted by atomic mass is 10.0. The topological polar surface area (TPSA) is 44.0 Å². The first-order chi connectivity index (χ1) is 20.3. The first kappa shape index (κ1) is 25.6. The molecule has 0 bridgehead atoms. The lowest BCUT2D eigenvalue weighted by Gasteiger charge is -2.18. The van der Waals surface area contributed by atoms with E-state index in [0.717, 1.165) is 68.1 Å². The van der Waals surface area contributed by atoms with Crippen molar-refractivity contribution >= 4 is 21.8 Å². The largest absolute Gasteiger partial charge is 0.492 e. The Morgan fingerprint density at radius 1 is 0.854 bits per heavy atom. The predicted molar refractivity (Wildman–Crippen MR) is 168 cm³/mol. The predicted octanol–water partition coefficient (Wildman–Crippen LogP) is 7.71. The van der Waals surface area contributed by atoms with Gasteiger partial charge in [-0.15, -0.1) is 0 Å². The van der Waals surface area contributed by atoms with Crippen molar-refractivity contribution < 1.29 is 4.74 Å². The molecule has 1 aliphatic heterocycles. The average Bonchev–Trinajstić information content (AvgIpc) is 3.60. The second-order valence-electron chi connectivity index (χ2n) is 11.0. The van der Waals surface area contributed by atoms with Gasteiger partial charge in [-0.25, -0.2) is 4.98 Å². The fraction of sp³-hybridized carbons (Fsp3) is 0.250. The molecule has 1 N–H and O–H groups in total. The molecule has 0 unspecified atom stereocenters. The molecule has 0 spiro atoms. The summed E-state index contributed by atoms with van der Waals surface area (Å²) < 4.78 is 10.9. The minimum Gasteiger partial charge on any atom is -0.492 e. The molecule has 6 aromatic rings. The number of para-hydroxylation sites is 2. The second kappa shape index (κ2) is 11.3. The van der Waals surface area contributed by atoms with Crippen LogP contribution in [-0.4, -0.2) is 27.3 Å². The molecule has 41 heavy (non-hydrogen) atoms. The van der Waals surface area contributed by atoms with Gasteiger partial charge in [0, 0.05) is 52.2 Å². The Labute approximate surface area is 241 Å². The van der Waals surface area contributed by atoms with Crippen molar-refractivity contribution in [1.82, 2.24) is 19.4 Å². The Kier molecular flexibility index (Phi) is 7.03. The van der Waals surface area contributed by atoms with Gasteiger partial charge in [-0.05, 0) is 79.0 Å². The maximum absolute atomic E-state index is 6.22. The highest BCUT2D eigenvalue weighted by Gasteiger charge is 2.15. The average molecular weight is 541 g/mol. The van der Waals surface area contributed by atoms with E-state index in [0.29, 0.717) is 6.61 Å². The molecular weight excluding hydrogens is 504 g/mol. The van der Waals surface area contributed by atoms with Crippen LogP contribution in [0.25, 0.3) is 38.8 Å². The van der Waals surface area contributed by atoms with Crippen LogP contribution < -0.4 is 10.1 Å². The number of aromatic nitrogens is 3. The van der Waals surface area contributed by atoms with Crippen LogP contribution in [0.5, 0.6) is 5.75 Å². The van der Waals surface area contributed by atoms with Crippen molar-refractivity contribution in [2.75, 3.05) is 13.2 Å². The number of nitrogens with one attached hydrogen (secondary N) is 1. The highest BCUT2D eigenvalue weighted by Crippen LogP contribution is 2.29. The molecule has 3 heterocycles. The number of unbranched alkanes of at least 4 members (excludes halogenated alkanes) is 1. The summed E-state index contributed by atoms with van der Waals surface area (Å²) in [6, 6.07) is 32.5. The van der Waals surface area contributed by atoms with Gasteiger partial charge >= 0.3 is 0 Å². The number of fused-ring (bicyclic) bond motifs is 4. The first-order valence-corrected chi connectivity index (χ1v) is 14.9. The Bertz CT molecular complexity index is 1760. The van der Waals surface area contributed by atoms with Crippen molar-refractivity contribution in [2.45, 2.75) is 45.7 Å². The number of nitrogens with zero attached hydrogens (tertiary/aromatic N) is 3. The monoisotopic (exact) mass is 540 g/mol. The van der Waals surface area contributed by atoms with E-state index in [2.05, 4.69) is 119 Å². The molecule has 4 aromatic carbocycles. The van der Waals surface area contributed by atoms with Gasteiger partial charge in [-0.3, -0.25) is 0 Å². The Morgan fingerprint density at radius 3 is 2.37 bits per heavy atom. The van der Waals surface area contributed by atoms with Crippen LogP contribution in [0.1, 0.15) is 36.7 Å². The molecular formula is C36H36N4O. The first-order valence-electron chi connectivity index (χ1n) is 14.9. The van der Waals surface area contributed by atoms with Crippen molar-refractivity contribution in [2.24, 2.45) is 0 Å². The van der Waals surface area contributed by atoms with E-state index in [1.165, 1.54) is 38.6 Å². The molecule has 0 saturated carbocycles. The van der Waals surface area contributed by atoms with Gasteiger partial charge in [0.05, 0.1) is 12.2 Å². The number of benzene rings is 4. The van der Waals surface area contributed by atoms with E-state index in [9.17, 15) is 0 Å². The highest BCUT2D eigenvalue weighted by molar-refractivity contribution is 6.07. The summed E-state index contributed by atoms with van der Waals surface area (Å²) in [6.45, 7) is 5.62. The lowest BCUT2D eigenvalue weighted by Crippen LogP contribution is -2.23. The number of hydrogen-bond acceptors (Lipinski definition) is 3. The summed E-state index contributed by atoms with van der Waals surface area (Å²) in [5.41, 5.74) is 8.65. The molecule has 5 heteroatoms. The van der Waals surface area contributed by atoms with Crippen molar-refractivity contribution in [3.63, 3.8) is 0 Å². The molecule has 5 nitrogen and oxygen atoms in total. The van der Waals surface area contributed by atoms with Crippen LogP contribution in [0.4, 0.5) is 0 Å². The van der Waals surface area contributed by atoms with Gasteiger partial charge in [-0.2, -0.15) is 0 Å². The zero-order valence-corrected chi connectivity index (χ0v) is 23.6. The van der Waals surface area contributed by atoms with Crippen LogP contribution in [-0.2, 0) is 25.9 Å². The highest BCUT2D eigenvalue weighted by atomic mass is 16.5. The summed E-state index contributed by atoms with van der Waals surface area (Å²) in [5, 5.41) is 6.08. The van der Waals surface area contributed by atoms with E-state index >= 15 is 0 Å².